The van der Waals surface area contributed by atoms with Gasteiger partial charge in [0, 0.05) is 19.3 Å². The summed E-state index contributed by atoms with van der Waals surface area (Å²) in [6, 6.07) is 0.290. The fraction of sp³-hybridized carbons (Fsp3) is 1.00. The van der Waals surface area contributed by atoms with Crippen molar-refractivity contribution in [2.24, 2.45) is 17.1 Å². The standard InChI is InChI=1S/C14H27NO2/c1-2-13(15)14(7-3-12(16)4-8-14)11-5-9-17-10-6-11/h11-13,16H,2-10,15H2,1H3/t12?,13-,14?/m1/s1. The monoisotopic (exact) mass is 241 g/mol. The van der Waals surface area contributed by atoms with Gasteiger partial charge in [0.15, 0.2) is 0 Å². The topological polar surface area (TPSA) is 55.5 Å². The van der Waals surface area contributed by atoms with E-state index in [2.05, 4.69) is 6.92 Å². The Morgan fingerprint density at radius 3 is 2.35 bits per heavy atom. The SMILES string of the molecule is CC[C@@H](N)C1(C2CCOCC2)CCC(O)CC1. The van der Waals surface area contributed by atoms with E-state index in [1.54, 1.807) is 0 Å². The van der Waals surface area contributed by atoms with Crippen LogP contribution in [0.15, 0.2) is 0 Å². The highest BCUT2D eigenvalue weighted by Gasteiger charge is 2.45. The minimum Gasteiger partial charge on any atom is -0.393 e. The van der Waals surface area contributed by atoms with Gasteiger partial charge >= 0.3 is 0 Å². The van der Waals surface area contributed by atoms with Gasteiger partial charge < -0.3 is 15.6 Å². The normalized spacial score (nSPS) is 37.9. The maximum atomic E-state index is 9.73. The lowest BCUT2D eigenvalue weighted by molar-refractivity contribution is -0.0436. The molecule has 1 aliphatic heterocycles. The number of aliphatic hydroxyl groups is 1. The zero-order valence-corrected chi connectivity index (χ0v) is 11.0. The lowest BCUT2D eigenvalue weighted by Gasteiger charge is -2.49. The summed E-state index contributed by atoms with van der Waals surface area (Å²) in [5, 5.41) is 9.73. The number of hydrogen-bond acceptors (Lipinski definition) is 3. The molecule has 1 saturated heterocycles. The van der Waals surface area contributed by atoms with Gasteiger partial charge in [-0.2, -0.15) is 0 Å². The van der Waals surface area contributed by atoms with Gasteiger partial charge in [-0.25, -0.2) is 0 Å². The molecular weight excluding hydrogens is 214 g/mol. The van der Waals surface area contributed by atoms with Gasteiger partial charge in [-0.1, -0.05) is 6.92 Å². The van der Waals surface area contributed by atoms with Crippen molar-refractivity contribution in [2.45, 2.75) is 64.0 Å². The number of ether oxygens (including phenoxy) is 1. The van der Waals surface area contributed by atoms with Crippen LogP contribution in [0.5, 0.6) is 0 Å². The molecule has 1 heterocycles. The van der Waals surface area contributed by atoms with Gasteiger partial charge in [-0.15, -0.1) is 0 Å². The summed E-state index contributed by atoms with van der Waals surface area (Å²) in [5.41, 5.74) is 6.71. The van der Waals surface area contributed by atoms with Crippen molar-refractivity contribution in [1.29, 1.82) is 0 Å². The van der Waals surface area contributed by atoms with Crippen molar-refractivity contribution in [2.75, 3.05) is 13.2 Å². The second kappa shape index (κ2) is 5.68. The average molecular weight is 241 g/mol. The first-order valence-corrected chi connectivity index (χ1v) is 7.20. The van der Waals surface area contributed by atoms with E-state index < -0.39 is 0 Å². The maximum Gasteiger partial charge on any atom is 0.0540 e. The van der Waals surface area contributed by atoms with Crippen LogP contribution in [0.3, 0.4) is 0 Å². The smallest absolute Gasteiger partial charge is 0.0540 e. The third kappa shape index (κ3) is 2.67. The predicted octanol–water partition coefficient (Wildman–Crippen LogP) is 2.07. The van der Waals surface area contributed by atoms with E-state index in [1.807, 2.05) is 0 Å². The molecule has 0 radical (unpaired) electrons. The zero-order chi connectivity index (χ0) is 12.3. The molecule has 1 atom stereocenters. The highest BCUT2D eigenvalue weighted by Crippen LogP contribution is 2.49. The summed E-state index contributed by atoms with van der Waals surface area (Å²) < 4.78 is 5.48. The third-order valence-electron chi connectivity index (χ3n) is 5.10. The summed E-state index contributed by atoms with van der Waals surface area (Å²) in [4.78, 5) is 0. The number of hydrogen-bond donors (Lipinski definition) is 2. The first-order valence-electron chi connectivity index (χ1n) is 7.20. The van der Waals surface area contributed by atoms with Crippen LogP contribution in [0.25, 0.3) is 0 Å². The molecule has 0 unspecified atom stereocenters. The van der Waals surface area contributed by atoms with E-state index in [9.17, 15) is 5.11 Å². The van der Waals surface area contributed by atoms with Crippen LogP contribution < -0.4 is 5.73 Å². The Balaban J connectivity index is 2.11. The van der Waals surface area contributed by atoms with Gasteiger partial charge in [-0.05, 0) is 56.3 Å². The summed E-state index contributed by atoms with van der Waals surface area (Å²) in [7, 11) is 0. The first-order chi connectivity index (χ1) is 8.19. The zero-order valence-electron chi connectivity index (χ0n) is 11.0. The molecule has 0 amide bonds. The highest BCUT2D eigenvalue weighted by atomic mass is 16.5. The van der Waals surface area contributed by atoms with E-state index in [0.717, 1.165) is 58.2 Å². The van der Waals surface area contributed by atoms with Gasteiger partial charge in [0.1, 0.15) is 0 Å². The van der Waals surface area contributed by atoms with E-state index in [1.165, 1.54) is 0 Å². The molecule has 3 heteroatoms. The fourth-order valence-corrected chi connectivity index (χ4v) is 3.90. The van der Waals surface area contributed by atoms with Crippen molar-refractivity contribution in [1.82, 2.24) is 0 Å². The Hall–Kier alpha value is -0.120. The maximum absolute atomic E-state index is 9.73. The van der Waals surface area contributed by atoms with Crippen molar-refractivity contribution in [3.63, 3.8) is 0 Å². The van der Waals surface area contributed by atoms with E-state index in [0.29, 0.717) is 5.92 Å². The Morgan fingerprint density at radius 2 is 1.82 bits per heavy atom. The lowest BCUT2D eigenvalue weighted by atomic mass is 9.59. The molecular formula is C14H27NO2. The number of aliphatic hydroxyl groups excluding tert-OH is 1. The van der Waals surface area contributed by atoms with Crippen molar-refractivity contribution in [3.05, 3.63) is 0 Å². The van der Waals surface area contributed by atoms with Crippen LogP contribution in [-0.2, 0) is 4.74 Å². The highest BCUT2D eigenvalue weighted by molar-refractivity contribution is 4.98. The van der Waals surface area contributed by atoms with E-state index >= 15 is 0 Å². The van der Waals surface area contributed by atoms with Crippen molar-refractivity contribution >= 4 is 0 Å². The van der Waals surface area contributed by atoms with Gasteiger partial charge in [0.05, 0.1) is 6.10 Å². The van der Waals surface area contributed by atoms with Gasteiger partial charge in [-0.3, -0.25) is 0 Å². The van der Waals surface area contributed by atoms with Crippen LogP contribution in [0, 0.1) is 11.3 Å². The molecule has 0 aromatic heterocycles. The van der Waals surface area contributed by atoms with Crippen LogP contribution in [0.2, 0.25) is 0 Å². The number of rotatable bonds is 3. The predicted molar refractivity (Wildman–Crippen MR) is 68.7 cm³/mol. The van der Waals surface area contributed by atoms with Crippen LogP contribution in [0.1, 0.15) is 51.9 Å². The molecule has 17 heavy (non-hydrogen) atoms. The van der Waals surface area contributed by atoms with Gasteiger partial charge in [0.2, 0.25) is 0 Å². The second-order valence-electron chi connectivity index (χ2n) is 5.87. The quantitative estimate of drug-likeness (QED) is 0.795. The first kappa shape index (κ1) is 13.3. The second-order valence-corrected chi connectivity index (χ2v) is 5.87. The van der Waals surface area contributed by atoms with E-state index in [-0.39, 0.29) is 17.6 Å². The molecule has 2 aliphatic rings. The molecule has 1 aliphatic carbocycles. The molecule has 1 saturated carbocycles. The molecule has 0 bridgehead atoms. The molecule has 0 aromatic rings. The Bertz CT molecular complexity index is 230. The Morgan fingerprint density at radius 1 is 1.24 bits per heavy atom. The summed E-state index contributed by atoms with van der Waals surface area (Å²) in [6.45, 7) is 3.98. The summed E-state index contributed by atoms with van der Waals surface area (Å²) in [5.74, 6) is 0.707. The van der Waals surface area contributed by atoms with Crippen molar-refractivity contribution in [3.8, 4) is 0 Å². The van der Waals surface area contributed by atoms with Gasteiger partial charge in [0.25, 0.3) is 0 Å². The van der Waals surface area contributed by atoms with Crippen molar-refractivity contribution < 1.29 is 9.84 Å². The molecule has 0 aromatic carbocycles. The Kier molecular flexibility index (Phi) is 4.45. The largest absolute Gasteiger partial charge is 0.393 e. The number of nitrogens with two attached hydrogens (primary N) is 1. The molecule has 2 fully saturated rings. The minimum atomic E-state index is -0.0907. The average Bonchev–Trinajstić information content (AvgIpc) is 2.40. The third-order valence-corrected chi connectivity index (χ3v) is 5.10. The van der Waals surface area contributed by atoms with E-state index in [4.69, 9.17) is 10.5 Å². The fourth-order valence-electron chi connectivity index (χ4n) is 3.90. The minimum absolute atomic E-state index is 0.0907. The van der Waals surface area contributed by atoms with Crippen LogP contribution in [-0.4, -0.2) is 30.5 Å². The molecule has 3 nitrogen and oxygen atoms in total. The molecule has 2 rings (SSSR count). The van der Waals surface area contributed by atoms with Crippen LogP contribution in [0.4, 0.5) is 0 Å². The Labute approximate surface area is 105 Å². The summed E-state index contributed by atoms with van der Waals surface area (Å²) >= 11 is 0. The molecule has 0 spiro atoms. The van der Waals surface area contributed by atoms with Crippen LogP contribution >= 0.6 is 0 Å². The molecule has 3 N–H and O–H groups in total. The lowest BCUT2D eigenvalue weighted by Crippen LogP contribution is -2.50. The molecule has 100 valence electrons. The summed E-state index contributed by atoms with van der Waals surface area (Å²) in [6.07, 6.45) is 7.35.